The Labute approximate surface area is 191 Å². The molecule has 0 bridgehead atoms. The number of benzene rings is 1. The van der Waals surface area contributed by atoms with Crippen molar-refractivity contribution in [3.63, 3.8) is 0 Å². The van der Waals surface area contributed by atoms with Gasteiger partial charge in [0.15, 0.2) is 0 Å². The van der Waals surface area contributed by atoms with Gasteiger partial charge < -0.3 is 10.1 Å². The summed E-state index contributed by atoms with van der Waals surface area (Å²) in [6, 6.07) is 6.06. The molecule has 0 radical (unpaired) electrons. The maximum absolute atomic E-state index is 13.1. The summed E-state index contributed by atoms with van der Waals surface area (Å²) in [4.78, 5) is 25.5. The molecule has 1 aliphatic heterocycles. The summed E-state index contributed by atoms with van der Waals surface area (Å²) < 4.78 is 5.62. The normalized spacial score (nSPS) is 18.4. The molecule has 2 aliphatic rings. The molecule has 0 spiro atoms. The van der Waals surface area contributed by atoms with E-state index in [1.807, 2.05) is 38.1 Å². The van der Waals surface area contributed by atoms with Gasteiger partial charge in [0.05, 0.1) is 24.1 Å². The van der Waals surface area contributed by atoms with Crippen molar-refractivity contribution in [2.75, 3.05) is 36.6 Å². The second-order valence-corrected chi connectivity index (χ2v) is 13.6. The van der Waals surface area contributed by atoms with E-state index in [0.29, 0.717) is 29.8 Å². The Morgan fingerprint density at radius 1 is 1.10 bits per heavy atom. The fourth-order valence-corrected chi connectivity index (χ4v) is 8.89. The lowest BCUT2D eigenvalue weighted by molar-refractivity contribution is -0.138. The minimum Gasteiger partial charge on any atom is -0.458 e. The summed E-state index contributed by atoms with van der Waals surface area (Å²) in [5, 5.41) is 3.76. The summed E-state index contributed by atoms with van der Waals surface area (Å²) in [5.74, 6) is -0.242. The van der Waals surface area contributed by atoms with Gasteiger partial charge in [0.1, 0.15) is 12.8 Å². The molecular formula is C25H34ClNO3P+. The highest BCUT2D eigenvalue weighted by Crippen LogP contribution is 2.61. The lowest BCUT2D eigenvalue weighted by Gasteiger charge is -2.26. The van der Waals surface area contributed by atoms with Crippen molar-refractivity contribution in [1.82, 2.24) is 0 Å². The van der Waals surface area contributed by atoms with Gasteiger partial charge in [-0.25, -0.2) is 4.79 Å². The van der Waals surface area contributed by atoms with Crippen molar-refractivity contribution >= 4 is 36.4 Å². The number of amides is 1. The molecule has 3 rings (SSSR count). The Hall–Kier alpha value is -1.64. The van der Waals surface area contributed by atoms with Crippen LogP contribution < -0.4 is 5.32 Å². The first-order chi connectivity index (χ1) is 14.9. The number of aryl methyl sites for hydroxylation is 2. The molecule has 0 saturated carbocycles. The molecule has 1 aliphatic carbocycles. The van der Waals surface area contributed by atoms with E-state index in [0.717, 1.165) is 54.6 Å². The fraction of sp³-hybridized carbons (Fsp3) is 0.520. The maximum atomic E-state index is 13.1. The highest BCUT2D eigenvalue weighted by Gasteiger charge is 2.40. The molecule has 1 amide bonds. The van der Waals surface area contributed by atoms with Crippen LogP contribution in [0.3, 0.4) is 0 Å². The topological polar surface area (TPSA) is 55.4 Å². The van der Waals surface area contributed by atoms with Gasteiger partial charge in [-0.05, 0) is 63.5 Å². The fourth-order valence-electron chi connectivity index (χ4n) is 4.54. The van der Waals surface area contributed by atoms with Crippen molar-refractivity contribution in [2.24, 2.45) is 0 Å². The molecule has 1 aromatic rings. The van der Waals surface area contributed by atoms with E-state index in [1.165, 1.54) is 12.8 Å². The van der Waals surface area contributed by atoms with Gasteiger partial charge in [0.25, 0.3) is 5.91 Å². The molecule has 4 nitrogen and oxygen atoms in total. The van der Waals surface area contributed by atoms with Crippen molar-refractivity contribution in [3.8, 4) is 0 Å². The van der Waals surface area contributed by atoms with Crippen LogP contribution in [0.25, 0.3) is 0 Å². The molecule has 1 saturated heterocycles. The Morgan fingerprint density at radius 3 is 2.42 bits per heavy atom. The standard InChI is InChI=1S/C25H33ClNO3P/c1-19-10-9-11-20(2)24(19)27-23(28)18-31(15-7-3-4-8-16-31)17-14-30-25(29)21-12-5-6-13-22(21)26/h5,9-12H,3-4,6-8,13-18H2,1-2H3/p+1. The first-order valence-corrected chi connectivity index (χ1v) is 14.2. The number of para-hydroxylation sites is 1. The molecule has 168 valence electrons. The van der Waals surface area contributed by atoms with Crippen molar-refractivity contribution in [1.29, 1.82) is 0 Å². The number of esters is 1. The molecule has 1 N–H and O–H groups in total. The summed E-state index contributed by atoms with van der Waals surface area (Å²) in [6.07, 6.45) is 13.7. The van der Waals surface area contributed by atoms with Crippen LogP contribution in [-0.2, 0) is 14.3 Å². The van der Waals surface area contributed by atoms with Crippen molar-refractivity contribution < 1.29 is 14.3 Å². The van der Waals surface area contributed by atoms with Crippen LogP contribution in [0.2, 0.25) is 0 Å². The van der Waals surface area contributed by atoms with E-state index in [-0.39, 0.29) is 11.9 Å². The Bertz CT molecular complexity index is 849. The maximum Gasteiger partial charge on any atom is 0.339 e. The first-order valence-electron chi connectivity index (χ1n) is 11.3. The zero-order chi connectivity index (χ0) is 22.3. The van der Waals surface area contributed by atoms with Crippen LogP contribution in [0.4, 0.5) is 5.69 Å². The number of hydrogen-bond donors (Lipinski definition) is 1. The van der Waals surface area contributed by atoms with Gasteiger partial charge in [-0.1, -0.05) is 42.0 Å². The third kappa shape index (κ3) is 6.67. The summed E-state index contributed by atoms with van der Waals surface area (Å²) in [7, 11) is -1.52. The van der Waals surface area contributed by atoms with Gasteiger partial charge in [0, 0.05) is 18.0 Å². The third-order valence-corrected chi connectivity index (χ3v) is 11.4. The molecule has 1 fully saturated rings. The monoisotopic (exact) mass is 462 g/mol. The van der Waals surface area contributed by atoms with E-state index in [2.05, 4.69) is 5.32 Å². The SMILES string of the molecule is Cc1cccc(C)c1NC(=O)C[P+]1(CCOC(=O)C2=C(Cl)CCC=C2)CCCCCC1. The number of ether oxygens (including phenoxy) is 1. The second kappa shape index (κ2) is 11.3. The Kier molecular flexibility index (Phi) is 8.75. The van der Waals surface area contributed by atoms with E-state index in [4.69, 9.17) is 16.3 Å². The molecule has 1 heterocycles. The van der Waals surface area contributed by atoms with E-state index >= 15 is 0 Å². The lowest BCUT2D eigenvalue weighted by atomic mass is 10.1. The molecule has 6 heteroatoms. The van der Waals surface area contributed by atoms with Crippen LogP contribution in [0, 0.1) is 13.8 Å². The highest BCUT2D eigenvalue weighted by atomic mass is 35.5. The first kappa shape index (κ1) is 24.0. The Balaban J connectivity index is 1.64. The zero-order valence-electron chi connectivity index (χ0n) is 18.7. The van der Waals surface area contributed by atoms with Crippen LogP contribution in [0.15, 0.2) is 41.0 Å². The van der Waals surface area contributed by atoms with Crippen LogP contribution in [0.1, 0.15) is 49.7 Å². The highest BCUT2D eigenvalue weighted by molar-refractivity contribution is 7.76. The minimum absolute atomic E-state index is 0.0972. The second-order valence-electron chi connectivity index (χ2n) is 8.80. The van der Waals surface area contributed by atoms with Gasteiger partial charge in [-0.15, -0.1) is 0 Å². The van der Waals surface area contributed by atoms with Gasteiger partial charge >= 0.3 is 5.97 Å². The van der Waals surface area contributed by atoms with E-state index in [9.17, 15) is 9.59 Å². The predicted octanol–water partition coefficient (Wildman–Crippen LogP) is 6.22. The third-order valence-electron chi connectivity index (χ3n) is 6.37. The summed E-state index contributed by atoms with van der Waals surface area (Å²) >= 11 is 6.21. The van der Waals surface area contributed by atoms with Gasteiger partial charge in [0.2, 0.25) is 0 Å². The average molecular weight is 463 g/mol. The minimum atomic E-state index is -1.52. The number of nitrogens with one attached hydrogen (secondary N) is 1. The van der Waals surface area contributed by atoms with Crippen LogP contribution >= 0.6 is 18.9 Å². The van der Waals surface area contributed by atoms with Crippen molar-refractivity contribution in [3.05, 3.63) is 52.1 Å². The largest absolute Gasteiger partial charge is 0.458 e. The number of allylic oxidation sites excluding steroid dienone is 2. The molecule has 1 aromatic carbocycles. The molecule has 0 aromatic heterocycles. The number of carbonyl (C=O) groups is 2. The van der Waals surface area contributed by atoms with Crippen LogP contribution in [0.5, 0.6) is 0 Å². The number of rotatable bonds is 7. The molecule has 31 heavy (non-hydrogen) atoms. The average Bonchev–Trinajstić information content (AvgIpc) is 2.97. The quantitative estimate of drug-likeness (QED) is 0.386. The number of anilines is 1. The summed E-state index contributed by atoms with van der Waals surface area (Å²) in [6.45, 7) is 4.42. The van der Waals surface area contributed by atoms with E-state index in [1.54, 1.807) is 6.08 Å². The number of carbonyl (C=O) groups excluding carboxylic acids is 2. The van der Waals surface area contributed by atoms with Crippen LogP contribution in [-0.4, -0.2) is 43.1 Å². The molecule has 0 unspecified atom stereocenters. The predicted molar refractivity (Wildman–Crippen MR) is 132 cm³/mol. The van der Waals surface area contributed by atoms with Gasteiger partial charge in [-0.2, -0.15) is 0 Å². The van der Waals surface area contributed by atoms with Crippen molar-refractivity contribution in [2.45, 2.75) is 52.4 Å². The zero-order valence-corrected chi connectivity index (χ0v) is 20.4. The van der Waals surface area contributed by atoms with Gasteiger partial charge in [-0.3, -0.25) is 4.79 Å². The summed E-state index contributed by atoms with van der Waals surface area (Å²) in [5.41, 5.74) is 3.58. The van der Waals surface area contributed by atoms with E-state index < -0.39 is 7.26 Å². The lowest BCUT2D eigenvalue weighted by Crippen LogP contribution is -2.25. The molecule has 0 atom stereocenters. The number of halogens is 1. The molecular weight excluding hydrogens is 429 g/mol. The Morgan fingerprint density at radius 2 is 1.77 bits per heavy atom. The number of hydrogen-bond acceptors (Lipinski definition) is 3. The smallest absolute Gasteiger partial charge is 0.339 e.